The van der Waals surface area contributed by atoms with Crippen LogP contribution in [0.3, 0.4) is 0 Å². The van der Waals surface area contributed by atoms with Crippen molar-refractivity contribution in [3.05, 3.63) is 33.9 Å². The van der Waals surface area contributed by atoms with Gasteiger partial charge in [0.05, 0.1) is 5.39 Å². The number of carboxylic acid groups (broad SMARTS) is 1. The molecule has 2 aliphatic carbocycles. The molecule has 5 rings (SSSR count). The minimum Gasteiger partial charge on any atom is -0.477 e. The van der Waals surface area contributed by atoms with Crippen LogP contribution in [0.15, 0.2) is 17.1 Å². The predicted molar refractivity (Wildman–Crippen MR) is 118 cm³/mol. The number of hydrogen-bond donors (Lipinski definition) is 2. The number of carbonyl (C=O) groups excluding carboxylic acids is 1. The third-order valence-corrected chi connectivity index (χ3v) is 6.59. The van der Waals surface area contributed by atoms with Crippen LogP contribution in [0.25, 0.3) is 11.0 Å². The maximum absolute atomic E-state index is 15.1. The van der Waals surface area contributed by atoms with Gasteiger partial charge in [0.15, 0.2) is 11.6 Å². The van der Waals surface area contributed by atoms with Crippen molar-refractivity contribution in [2.75, 3.05) is 18.0 Å². The van der Waals surface area contributed by atoms with Gasteiger partial charge in [-0.1, -0.05) is 0 Å². The monoisotopic (exact) mass is 458 g/mol. The number of aromatic nitrogens is 2. The molecule has 10 heteroatoms. The van der Waals surface area contributed by atoms with Gasteiger partial charge in [-0.25, -0.2) is 19.0 Å². The van der Waals surface area contributed by atoms with Crippen LogP contribution in [0.2, 0.25) is 0 Å². The summed E-state index contributed by atoms with van der Waals surface area (Å²) in [6, 6.07) is 1.16. The number of ether oxygens (including phenoxy) is 1. The Morgan fingerprint density at radius 3 is 2.61 bits per heavy atom. The molecule has 0 bridgehead atoms. The fraction of sp³-hybridized carbons (Fsp3) is 0.565. The van der Waals surface area contributed by atoms with E-state index in [9.17, 15) is 19.5 Å². The number of amides is 1. The van der Waals surface area contributed by atoms with Crippen molar-refractivity contribution in [3.8, 4) is 0 Å². The molecule has 1 aliphatic heterocycles. The summed E-state index contributed by atoms with van der Waals surface area (Å²) >= 11 is 0. The van der Waals surface area contributed by atoms with Crippen LogP contribution in [0.4, 0.5) is 15.0 Å². The smallest absolute Gasteiger partial charge is 0.407 e. The largest absolute Gasteiger partial charge is 0.477 e. The highest BCUT2D eigenvalue weighted by Gasteiger charge is 2.54. The Bertz CT molecular complexity index is 1220. The van der Waals surface area contributed by atoms with E-state index in [-0.39, 0.29) is 34.8 Å². The van der Waals surface area contributed by atoms with E-state index in [4.69, 9.17) is 4.74 Å². The summed E-state index contributed by atoms with van der Waals surface area (Å²) < 4.78 is 22.1. The second-order valence-corrected chi connectivity index (χ2v) is 10.2. The highest BCUT2D eigenvalue weighted by Crippen LogP contribution is 2.46. The number of rotatable bonds is 4. The lowest BCUT2D eigenvalue weighted by atomic mass is 10.1. The lowest BCUT2D eigenvalue weighted by Crippen LogP contribution is -2.35. The predicted octanol–water partition coefficient (Wildman–Crippen LogP) is 2.92. The number of nitrogens with one attached hydrogen (secondary N) is 1. The first-order chi connectivity index (χ1) is 15.5. The Morgan fingerprint density at radius 2 is 1.97 bits per heavy atom. The number of anilines is 1. The van der Waals surface area contributed by atoms with Gasteiger partial charge in [-0.05, 0) is 52.0 Å². The Labute approximate surface area is 189 Å². The fourth-order valence-corrected chi connectivity index (χ4v) is 4.83. The van der Waals surface area contributed by atoms with Crippen molar-refractivity contribution in [2.24, 2.45) is 11.8 Å². The van der Waals surface area contributed by atoms with Crippen molar-refractivity contribution in [1.82, 2.24) is 14.9 Å². The van der Waals surface area contributed by atoms with E-state index in [0.29, 0.717) is 24.7 Å². The number of carboxylic acids is 1. The maximum atomic E-state index is 15.1. The normalized spacial score (nSPS) is 24.4. The first-order valence-corrected chi connectivity index (χ1v) is 11.3. The molecule has 3 heterocycles. The van der Waals surface area contributed by atoms with Crippen molar-refractivity contribution in [3.63, 3.8) is 0 Å². The number of carbonyl (C=O) groups is 2. The zero-order valence-electron chi connectivity index (χ0n) is 18.8. The number of alkyl carbamates (subject to hydrolysis) is 1. The summed E-state index contributed by atoms with van der Waals surface area (Å²) in [5.74, 6) is -1.34. The van der Waals surface area contributed by atoms with Gasteiger partial charge in [0, 0.05) is 37.3 Å². The molecule has 33 heavy (non-hydrogen) atoms. The Hall–Kier alpha value is -3.17. The van der Waals surface area contributed by atoms with Gasteiger partial charge in [0.1, 0.15) is 16.8 Å². The van der Waals surface area contributed by atoms with Crippen LogP contribution >= 0.6 is 0 Å². The van der Waals surface area contributed by atoms with E-state index < -0.39 is 28.9 Å². The zero-order valence-corrected chi connectivity index (χ0v) is 18.8. The number of piperidine rings is 1. The second kappa shape index (κ2) is 7.43. The van der Waals surface area contributed by atoms with Crippen molar-refractivity contribution >= 4 is 28.9 Å². The lowest BCUT2D eigenvalue weighted by Gasteiger charge is -2.28. The molecule has 176 valence electrons. The average Bonchev–Trinajstić information content (AvgIpc) is 3.63. The molecular formula is C23H27FN4O5. The Balaban J connectivity index is 1.41. The molecule has 0 radical (unpaired) electrons. The van der Waals surface area contributed by atoms with E-state index in [1.165, 1.54) is 6.20 Å². The van der Waals surface area contributed by atoms with Crippen LogP contribution in [-0.4, -0.2) is 51.5 Å². The second-order valence-electron chi connectivity index (χ2n) is 10.2. The van der Waals surface area contributed by atoms with E-state index in [1.807, 2.05) is 25.7 Å². The zero-order chi connectivity index (χ0) is 23.7. The summed E-state index contributed by atoms with van der Waals surface area (Å²) in [6.45, 7) is 6.53. The molecule has 3 atom stereocenters. The van der Waals surface area contributed by atoms with Crippen LogP contribution in [-0.2, 0) is 4.74 Å². The maximum Gasteiger partial charge on any atom is 0.407 e. The number of hydrogen-bond acceptors (Lipinski definition) is 6. The molecule has 0 spiro atoms. The van der Waals surface area contributed by atoms with Crippen molar-refractivity contribution < 1.29 is 23.8 Å². The van der Waals surface area contributed by atoms with Crippen molar-refractivity contribution in [2.45, 2.75) is 57.7 Å². The summed E-state index contributed by atoms with van der Waals surface area (Å²) in [6.07, 6.45) is 3.37. The van der Waals surface area contributed by atoms with Gasteiger partial charge in [-0.2, -0.15) is 0 Å². The number of nitrogens with zero attached hydrogens (tertiary/aromatic N) is 3. The number of pyridine rings is 2. The van der Waals surface area contributed by atoms with E-state index >= 15 is 4.39 Å². The molecule has 2 aromatic heterocycles. The molecule has 9 nitrogen and oxygen atoms in total. The van der Waals surface area contributed by atoms with Crippen LogP contribution < -0.4 is 15.6 Å². The molecule has 2 aromatic rings. The van der Waals surface area contributed by atoms with Crippen molar-refractivity contribution in [1.29, 1.82) is 0 Å². The molecule has 2 saturated carbocycles. The van der Waals surface area contributed by atoms with Gasteiger partial charge < -0.3 is 24.6 Å². The molecule has 0 unspecified atom stereocenters. The van der Waals surface area contributed by atoms with Crippen LogP contribution in [0.1, 0.15) is 56.4 Å². The molecule has 1 saturated heterocycles. The van der Waals surface area contributed by atoms with E-state index in [0.717, 1.165) is 25.3 Å². The summed E-state index contributed by atoms with van der Waals surface area (Å²) in [5.41, 5.74) is -1.37. The Morgan fingerprint density at radius 1 is 1.24 bits per heavy atom. The van der Waals surface area contributed by atoms with E-state index in [1.54, 1.807) is 4.57 Å². The van der Waals surface area contributed by atoms with Crippen LogP contribution in [0.5, 0.6) is 0 Å². The molecule has 3 fully saturated rings. The quantitative estimate of drug-likeness (QED) is 0.724. The summed E-state index contributed by atoms with van der Waals surface area (Å²) in [5, 5.41) is 12.3. The van der Waals surface area contributed by atoms with Gasteiger partial charge in [-0.3, -0.25) is 4.79 Å². The molecule has 1 amide bonds. The number of fused-ring (bicyclic) bond motifs is 2. The minimum absolute atomic E-state index is 0.0175. The first kappa shape index (κ1) is 21.7. The molecule has 0 aromatic carbocycles. The number of aromatic carboxylic acids is 1. The summed E-state index contributed by atoms with van der Waals surface area (Å²) in [7, 11) is 0. The standard InChI is InChI=1S/C23H27FN4O5/c1-23(2,3)33-22(32)25-17-12-6-7-27(9-14(12)17)20-16(24)8-13-18(29)15(21(30)31)10-28(11-4-5-11)19(13)26-20/h8,10-12,14,17H,4-7,9H2,1-3H3,(H,25,32)(H,30,31)/t12-,14+,17+/m0/s1. The van der Waals surface area contributed by atoms with Gasteiger partial charge >= 0.3 is 12.1 Å². The van der Waals surface area contributed by atoms with E-state index in [2.05, 4.69) is 10.3 Å². The van der Waals surface area contributed by atoms with Gasteiger partial charge in [-0.15, -0.1) is 0 Å². The first-order valence-electron chi connectivity index (χ1n) is 11.3. The van der Waals surface area contributed by atoms with Gasteiger partial charge in [0.25, 0.3) is 0 Å². The topological polar surface area (TPSA) is 114 Å². The highest BCUT2D eigenvalue weighted by molar-refractivity contribution is 5.92. The Kier molecular flexibility index (Phi) is 4.88. The number of halogens is 1. The average molecular weight is 458 g/mol. The fourth-order valence-electron chi connectivity index (χ4n) is 4.83. The minimum atomic E-state index is -1.33. The highest BCUT2D eigenvalue weighted by atomic mass is 19.1. The third kappa shape index (κ3) is 4.02. The third-order valence-electron chi connectivity index (χ3n) is 6.59. The van der Waals surface area contributed by atoms with Crippen LogP contribution in [0, 0.1) is 17.7 Å². The lowest BCUT2D eigenvalue weighted by molar-refractivity contribution is 0.0518. The summed E-state index contributed by atoms with van der Waals surface area (Å²) in [4.78, 5) is 42.6. The molecule has 3 aliphatic rings. The SMILES string of the molecule is CC(C)(C)OC(=O)N[C@H]1[C@@H]2CN(c3nc4c(cc3F)c(=O)c(C(=O)O)cn4C3CC3)CC[C@@H]21. The van der Waals surface area contributed by atoms with Gasteiger partial charge in [0.2, 0.25) is 5.43 Å². The molecular weight excluding hydrogens is 431 g/mol. The molecule has 2 N–H and O–H groups in total.